The molecule has 0 heterocycles. The summed E-state index contributed by atoms with van der Waals surface area (Å²) >= 11 is 3.18. The lowest BCUT2D eigenvalue weighted by atomic mass is 9.95. The third-order valence-electron chi connectivity index (χ3n) is 2.23. The minimum absolute atomic E-state index is 0.312. The molecule has 0 bridgehead atoms. The van der Waals surface area contributed by atoms with Gasteiger partial charge in [-0.05, 0) is 25.6 Å². The minimum atomic E-state index is -1.18. The molecule has 0 aliphatic carbocycles. The second kappa shape index (κ2) is 5.05. The van der Waals surface area contributed by atoms with Crippen molar-refractivity contribution in [2.75, 3.05) is 13.1 Å². The highest BCUT2D eigenvalue weighted by Gasteiger charge is 2.25. The van der Waals surface area contributed by atoms with Crippen LogP contribution in [0.25, 0.3) is 0 Å². The van der Waals surface area contributed by atoms with Gasteiger partial charge in [0, 0.05) is 16.6 Å². The van der Waals surface area contributed by atoms with Gasteiger partial charge in [-0.3, -0.25) is 0 Å². The van der Waals surface area contributed by atoms with Crippen molar-refractivity contribution in [2.24, 2.45) is 0 Å². The molecular formula is C11H15BrFNO. The molecule has 1 rings (SSSR count). The van der Waals surface area contributed by atoms with Crippen molar-refractivity contribution in [3.05, 3.63) is 34.1 Å². The van der Waals surface area contributed by atoms with E-state index in [9.17, 15) is 9.50 Å². The number of rotatable bonds is 4. The van der Waals surface area contributed by atoms with E-state index < -0.39 is 11.4 Å². The van der Waals surface area contributed by atoms with Crippen LogP contribution in [-0.2, 0) is 5.60 Å². The van der Waals surface area contributed by atoms with Crippen molar-refractivity contribution in [1.82, 2.24) is 5.32 Å². The van der Waals surface area contributed by atoms with Gasteiger partial charge in [-0.2, -0.15) is 0 Å². The van der Waals surface area contributed by atoms with Crippen molar-refractivity contribution in [3.63, 3.8) is 0 Å². The third-order valence-corrected chi connectivity index (χ3v) is 2.72. The van der Waals surface area contributed by atoms with Crippen LogP contribution < -0.4 is 5.32 Å². The van der Waals surface area contributed by atoms with Gasteiger partial charge in [-0.1, -0.05) is 28.9 Å². The van der Waals surface area contributed by atoms with Gasteiger partial charge in [0.15, 0.2) is 0 Å². The topological polar surface area (TPSA) is 32.3 Å². The van der Waals surface area contributed by atoms with E-state index >= 15 is 0 Å². The summed E-state index contributed by atoms with van der Waals surface area (Å²) < 4.78 is 14.2. The fourth-order valence-corrected chi connectivity index (χ4v) is 1.72. The van der Waals surface area contributed by atoms with Gasteiger partial charge in [0.1, 0.15) is 11.4 Å². The molecule has 0 aromatic heterocycles. The zero-order chi connectivity index (χ0) is 11.5. The van der Waals surface area contributed by atoms with Crippen LogP contribution >= 0.6 is 15.9 Å². The Kier molecular flexibility index (Phi) is 4.25. The van der Waals surface area contributed by atoms with Crippen LogP contribution in [0.1, 0.15) is 19.4 Å². The number of nitrogens with one attached hydrogen (secondary N) is 1. The molecule has 0 aliphatic rings. The molecular weight excluding hydrogens is 261 g/mol. The maximum absolute atomic E-state index is 13.6. The lowest BCUT2D eigenvalue weighted by Crippen LogP contribution is -2.36. The molecule has 1 atom stereocenters. The number of likely N-dealkylation sites (N-methyl/N-ethyl adjacent to an activating group) is 1. The second-order valence-electron chi connectivity index (χ2n) is 3.68. The van der Waals surface area contributed by atoms with E-state index in [1.54, 1.807) is 19.1 Å². The SMILES string of the molecule is CCNCC(C)(O)c1ccc(Br)cc1F. The molecule has 1 aromatic rings. The molecule has 1 aromatic carbocycles. The largest absolute Gasteiger partial charge is 0.384 e. The maximum Gasteiger partial charge on any atom is 0.130 e. The van der Waals surface area contributed by atoms with E-state index in [2.05, 4.69) is 21.2 Å². The van der Waals surface area contributed by atoms with Crippen LogP contribution in [0.5, 0.6) is 0 Å². The van der Waals surface area contributed by atoms with Crippen molar-refractivity contribution in [1.29, 1.82) is 0 Å². The van der Waals surface area contributed by atoms with Crippen LogP contribution in [0, 0.1) is 5.82 Å². The molecule has 0 aliphatic heterocycles. The Morgan fingerprint density at radius 3 is 2.73 bits per heavy atom. The van der Waals surface area contributed by atoms with Crippen LogP contribution in [-0.4, -0.2) is 18.2 Å². The standard InChI is InChI=1S/C11H15BrFNO/c1-3-14-7-11(2,15)9-5-4-8(12)6-10(9)13/h4-6,14-15H,3,7H2,1-2H3. The highest BCUT2D eigenvalue weighted by atomic mass is 79.9. The lowest BCUT2D eigenvalue weighted by Gasteiger charge is -2.24. The molecule has 0 spiro atoms. The third kappa shape index (κ3) is 3.26. The smallest absolute Gasteiger partial charge is 0.130 e. The Balaban J connectivity index is 2.93. The maximum atomic E-state index is 13.6. The van der Waals surface area contributed by atoms with Gasteiger partial charge >= 0.3 is 0 Å². The minimum Gasteiger partial charge on any atom is -0.384 e. The summed E-state index contributed by atoms with van der Waals surface area (Å²) in [7, 11) is 0. The van der Waals surface area contributed by atoms with Crippen LogP contribution in [0.2, 0.25) is 0 Å². The predicted octanol–water partition coefficient (Wildman–Crippen LogP) is 2.41. The molecule has 84 valence electrons. The average Bonchev–Trinajstić information content (AvgIpc) is 2.14. The van der Waals surface area contributed by atoms with Gasteiger partial charge in [-0.15, -0.1) is 0 Å². The molecule has 2 nitrogen and oxygen atoms in total. The zero-order valence-electron chi connectivity index (χ0n) is 8.85. The monoisotopic (exact) mass is 275 g/mol. The predicted molar refractivity (Wildman–Crippen MR) is 62.2 cm³/mol. The first-order valence-electron chi connectivity index (χ1n) is 4.86. The number of halogens is 2. The number of hydrogen-bond acceptors (Lipinski definition) is 2. The van der Waals surface area contributed by atoms with Gasteiger partial charge in [0.2, 0.25) is 0 Å². The van der Waals surface area contributed by atoms with Crippen molar-refractivity contribution in [2.45, 2.75) is 19.4 Å². The van der Waals surface area contributed by atoms with Gasteiger partial charge in [0.25, 0.3) is 0 Å². The highest BCUT2D eigenvalue weighted by molar-refractivity contribution is 9.10. The van der Waals surface area contributed by atoms with Gasteiger partial charge in [0.05, 0.1) is 0 Å². The molecule has 0 fully saturated rings. The Bertz CT molecular complexity index is 341. The van der Waals surface area contributed by atoms with Crippen molar-refractivity contribution >= 4 is 15.9 Å². The fourth-order valence-electron chi connectivity index (χ4n) is 1.39. The Hall–Kier alpha value is -0.450. The summed E-state index contributed by atoms with van der Waals surface area (Å²) in [5, 5.41) is 13.1. The molecule has 4 heteroatoms. The van der Waals surface area contributed by atoms with Crippen molar-refractivity contribution in [3.8, 4) is 0 Å². The van der Waals surface area contributed by atoms with Crippen molar-refractivity contribution < 1.29 is 9.50 Å². The zero-order valence-corrected chi connectivity index (χ0v) is 10.4. The number of benzene rings is 1. The molecule has 0 saturated carbocycles. The molecule has 0 saturated heterocycles. The summed E-state index contributed by atoms with van der Waals surface area (Å²) in [6, 6.07) is 4.67. The van der Waals surface area contributed by atoms with E-state index in [1.807, 2.05) is 6.92 Å². The quantitative estimate of drug-likeness (QED) is 0.885. The molecule has 15 heavy (non-hydrogen) atoms. The number of hydrogen-bond donors (Lipinski definition) is 2. The fraction of sp³-hybridized carbons (Fsp3) is 0.455. The first kappa shape index (κ1) is 12.6. The molecule has 0 amide bonds. The molecule has 2 N–H and O–H groups in total. The molecule has 0 radical (unpaired) electrons. The lowest BCUT2D eigenvalue weighted by molar-refractivity contribution is 0.0538. The first-order valence-corrected chi connectivity index (χ1v) is 5.65. The van der Waals surface area contributed by atoms with Gasteiger partial charge < -0.3 is 10.4 Å². The Morgan fingerprint density at radius 1 is 1.53 bits per heavy atom. The van der Waals surface area contributed by atoms with E-state index in [4.69, 9.17) is 0 Å². The normalized spacial score (nSPS) is 15.0. The van der Waals surface area contributed by atoms with E-state index in [0.29, 0.717) is 16.6 Å². The summed E-state index contributed by atoms with van der Waals surface area (Å²) in [4.78, 5) is 0. The van der Waals surface area contributed by atoms with Gasteiger partial charge in [-0.25, -0.2) is 4.39 Å². The van der Waals surface area contributed by atoms with E-state index in [0.717, 1.165) is 6.54 Å². The summed E-state index contributed by atoms with van der Waals surface area (Å²) in [5.74, 6) is -0.396. The highest BCUT2D eigenvalue weighted by Crippen LogP contribution is 2.25. The first-order chi connectivity index (χ1) is 6.97. The van der Waals surface area contributed by atoms with Crippen LogP contribution in [0.4, 0.5) is 4.39 Å². The summed E-state index contributed by atoms with van der Waals surface area (Å²) in [5.41, 5.74) is -0.868. The van der Waals surface area contributed by atoms with E-state index in [1.165, 1.54) is 6.07 Å². The summed E-state index contributed by atoms with van der Waals surface area (Å²) in [6.45, 7) is 4.62. The van der Waals surface area contributed by atoms with Crippen LogP contribution in [0.15, 0.2) is 22.7 Å². The van der Waals surface area contributed by atoms with Crippen LogP contribution in [0.3, 0.4) is 0 Å². The summed E-state index contributed by atoms with van der Waals surface area (Å²) in [6.07, 6.45) is 0. The Labute approximate surface area is 97.6 Å². The Morgan fingerprint density at radius 2 is 2.20 bits per heavy atom. The second-order valence-corrected chi connectivity index (χ2v) is 4.59. The number of aliphatic hydroxyl groups is 1. The average molecular weight is 276 g/mol. The van der Waals surface area contributed by atoms with E-state index in [-0.39, 0.29) is 0 Å². The molecule has 1 unspecified atom stereocenters.